The second-order valence-corrected chi connectivity index (χ2v) is 6.32. The largest absolute Gasteiger partial charge is 0.351 e. The SMILES string of the molecule is NC(=O)Nc1cccc(NC(=O)C2CC(=O)N(c3ccccc3Cl)C2)c1. The summed E-state index contributed by atoms with van der Waals surface area (Å²) in [6.45, 7) is 0.258. The summed E-state index contributed by atoms with van der Waals surface area (Å²) in [5.41, 5.74) is 6.65. The number of anilines is 3. The summed E-state index contributed by atoms with van der Waals surface area (Å²) in [6, 6.07) is 12.9. The van der Waals surface area contributed by atoms with Crippen LogP contribution in [0.1, 0.15) is 6.42 Å². The number of nitrogens with zero attached hydrogens (tertiary/aromatic N) is 1. The molecule has 0 aliphatic carbocycles. The molecule has 4 amide bonds. The Balaban J connectivity index is 1.69. The molecule has 1 aliphatic rings. The third-order valence-electron chi connectivity index (χ3n) is 4.04. The van der Waals surface area contributed by atoms with E-state index in [2.05, 4.69) is 10.6 Å². The number of hydrogen-bond acceptors (Lipinski definition) is 3. The van der Waals surface area contributed by atoms with Crippen LogP contribution in [0.3, 0.4) is 0 Å². The maximum absolute atomic E-state index is 12.5. The van der Waals surface area contributed by atoms with Gasteiger partial charge in [0.05, 0.1) is 16.6 Å². The molecule has 0 aromatic heterocycles. The fraction of sp³-hybridized carbons (Fsp3) is 0.167. The third kappa shape index (κ3) is 3.94. The lowest BCUT2D eigenvalue weighted by Gasteiger charge is -2.18. The lowest BCUT2D eigenvalue weighted by molar-refractivity contribution is -0.122. The number of urea groups is 1. The van der Waals surface area contributed by atoms with Crippen LogP contribution in [0.4, 0.5) is 21.9 Å². The van der Waals surface area contributed by atoms with Crippen molar-refractivity contribution in [1.29, 1.82) is 0 Å². The highest BCUT2D eigenvalue weighted by Gasteiger charge is 2.35. The van der Waals surface area contributed by atoms with Crippen molar-refractivity contribution < 1.29 is 14.4 Å². The number of primary amides is 1. The Bertz CT molecular complexity index is 871. The van der Waals surface area contributed by atoms with Crippen molar-refractivity contribution in [2.24, 2.45) is 11.7 Å². The van der Waals surface area contributed by atoms with E-state index in [1.165, 1.54) is 4.90 Å². The first-order valence-electron chi connectivity index (χ1n) is 7.96. The van der Waals surface area contributed by atoms with Crippen LogP contribution in [-0.2, 0) is 9.59 Å². The molecule has 0 spiro atoms. The molecule has 8 heteroatoms. The lowest BCUT2D eigenvalue weighted by atomic mass is 10.1. The van der Waals surface area contributed by atoms with Crippen molar-refractivity contribution in [2.75, 3.05) is 22.1 Å². The quantitative estimate of drug-likeness (QED) is 0.768. The average Bonchev–Trinajstić information content (AvgIpc) is 2.97. The Morgan fingerprint density at radius 3 is 2.46 bits per heavy atom. The highest BCUT2D eigenvalue weighted by atomic mass is 35.5. The van der Waals surface area contributed by atoms with Gasteiger partial charge < -0.3 is 21.3 Å². The third-order valence-corrected chi connectivity index (χ3v) is 4.36. The second kappa shape index (κ2) is 7.45. The Labute approximate surface area is 155 Å². The minimum Gasteiger partial charge on any atom is -0.351 e. The Hall–Kier alpha value is -3.06. The van der Waals surface area contributed by atoms with Gasteiger partial charge in [-0.2, -0.15) is 0 Å². The van der Waals surface area contributed by atoms with Gasteiger partial charge in [0.15, 0.2) is 0 Å². The number of carbonyl (C=O) groups excluding carboxylic acids is 3. The monoisotopic (exact) mass is 372 g/mol. The molecule has 1 heterocycles. The first kappa shape index (κ1) is 17.8. The highest BCUT2D eigenvalue weighted by Crippen LogP contribution is 2.31. The van der Waals surface area contributed by atoms with E-state index >= 15 is 0 Å². The summed E-state index contributed by atoms with van der Waals surface area (Å²) in [5, 5.41) is 5.67. The molecule has 1 unspecified atom stereocenters. The number of nitrogens with one attached hydrogen (secondary N) is 2. The van der Waals surface area contributed by atoms with E-state index in [0.717, 1.165) is 0 Å². The van der Waals surface area contributed by atoms with Gasteiger partial charge in [-0.05, 0) is 30.3 Å². The molecule has 134 valence electrons. The maximum atomic E-state index is 12.5. The van der Waals surface area contributed by atoms with E-state index in [1.54, 1.807) is 48.5 Å². The number of carbonyl (C=O) groups is 3. The molecule has 2 aromatic rings. The van der Waals surface area contributed by atoms with E-state index in [9.17, 15) is 14.4 Å². The predicted molar refractivity (Wildman–Crippen MR) is 100 cm³/mol. The zero-order chi connectivity index (χ0) is 18.7. The normalized spacial score (nSPS) is 16.4. The Morgan fingerprint density at radius 2 is 1.77 bits per heavy atom. The van der Waals surface area contributed by atoms with Crippen LogP contribution in [0.5, 0.6) is 0 Å². The molecule has 1 fully saturated rings. The van der Waals surface area contributed by atoms with Crippen molar-refractivity contribution in [2.45, 2.75) is 6.42 Å². The van der Waals surface area contributed by atoms with Crippen molar-refractivity contribution >= 4 is 46.5 Å². The van der Waals surface area contributed by atoms with E-state index in [1.807, 2.05) is 0 Å². The van der Waals surface area contributed by atoms with Gasteiger partial charge in [-0.1, -0.05) is 29.8 Å². The molecule has 7 nitrogen and oxygen atoms in total. The van der Waals surface area contributed by atoms with Gasteiger partial charge in [-0.25, -0.2) is 4.79 Å². The molecular formula is C18H17ClN4O3. The fourth-order valence-electron chi connectivity index (χ4n) is 2.85. The first-order chi connectivity index (χ1) is 12.4. The van der Waals surface area contributed by atoms with Gasteiger partial charge in [-0.15, -0.1) is 0 Å². The van der Waals surface area contributed by atoms with Gasteiger partial charge in [0, 0.05) is 24.3 Å². The van der Waals surface area contributed by atoms with Crippen LogP contribution < -0.4 is 21.3 Å². The summed E-state index contributed by atoms with van der Waals surface area (Å²) >= 11 is 6.15. The summed E-state index contributed by atoms with van der Waals surface area (Å²) in [6.07, 6.45) is 0.107. The van der Waals surface area contributed by atoms with Gasteiger partial charge in [0.1, 0.15) is 0 Å². The van der Waals surface area contributed by atoms with Crippen LogP contribution in [0.2, 0.25) is 5.02 Å². The standard InChI is InChI=1S/C18H17ClN4O3/c19-14-6-1-2-7-15(14)23-10-11(8-16(23)24)17(25)21-12-4-3-5-13(9-12)22-18(20)26/h1-7,9,11H,8,10H2,(H,21,25)(H3,20,22,26). The van der Waals surface area contributed by atoms with Gasteiger partial charge in [-0.3, -0.25) is 9.59 Å². The fourth-order valence-corrected chi connectivity index (χ4v) is 3.09. The predicted octanol–water partition coefficient (Wildman–Crippen LogP) is 2.82. The lowest BCUT2D eigenvalue weighted by Crippen LogP contribution is -2.28. The number of benzene rings is 2. The van der Waals surface area contributed by atoms with Crippen LogP contribution in [0.15, 0.2) is 48.5 Å². The molecule has 3 rings (SSSR count). The average molecular weight is 373 g/mol. The zero-order valence-corrected chi connectivity index (χ0v) is 14.5. The number of rotatable bonds is 4. The molecule has 0 radical (unpaired) electrons. The number of hydrogen-bond donors (Lipinski definition) is 3. The van der Waals surface area contributed by atoms with Crippen molar-refractivity contribution in [3.05, 3.63) is 53.6 Å². The van der Waals surface area contributed by atoms with Crippen molar-refractivity contribution in [3.63, 3.8) is 0 Å². The number of halogens is 1. The van der Waals surface area contributed by atoms with Crippen LogP contribution in [-0.4, -0.2) is 24.4 Å². The topological polar surface area (TPSA) is 105 Å². The zero-order valence-electron chi connectivity index (χ0n) is 13.7. The summed E-state index contributed by atoms with van der Waals surface area (Å²) < 4.78 is 0. The number of amides is 4. The molecule has 0 bridgehead atoms. The molecule has 1 aliphatic heterocycles. The smallest absolute Gasteiger partial charge is 0.316 e. The van der Waals surface area contributed by atoms with Gasteiger partial charge in [0.25, 0.3) is 0 Å². The molecule has 2 aromatic carbocycles. The maximum Gasteiger partial charge on any atom is 0.316 e. The van der Waals surface area contributed by atoms with Crippen LogP contribution in [0.25, 0.3) is 0 Å². The number of para-hydroxylation sites is 1. The summed E-state index contributed by atoms with van der Waals surface area (Å²) in [5.74, 6) is -0.918. The first-order valence-corrected chi connectivity index (χ1v) is 8.34. The second-order valence-electron chi connectivity index (χ2n) is 5.92. The van der Waals surface area contributed by atoms with E-state index < -0.39 is 11.9 Å². The molecule has 0 saturated carbocycles. The van der Waals surface area contributed by atoms with Crippen LogP contribution in [0, 0.1) is 5.92 Å². The summed E-state index contributed by atoms with van der Waals surface area (Å²) in [7, 11) is 0. The van der Waals surface area contributed by atoms with Crippen molar-refractivity contribution in [3.8, 4) is 0 Å². The number of nitrogens with two attached hydrogens (primary N) is 1. The van der Waals surface area contributed by atoms with Gasteiger partial charge in [0.2, 0.25) is 11.8 Å². The van der Waals surface area contributed by atoms with Gasteiger partial charge >= 0.3 is 6.03 Å². The van der Waals surface area contributed by atoms with E-state index in [-0.39, 0.29) is 24.8 Å². The van der Waals surface area contributed by atoms with Crippen molar-refractivity contribution in [1.82, 2.24) is 0 Å². The van der Waals surface area contributed by atoms with E-state index in [0.29, 0.717) is 22.1 Å². The molecule has 1 atom stereocenters. The van der Waals surface area contributed by atoms with Crippen LogP contribution >= 0.6 is 11.6 Å². The molecular weight excluding hydrogens is 356 g/mol. The minimum absolute atomic E-state index is 0.107. The minimum atomic E-state index is -0.690. The molecule has 26 heavy (non-hydrogen) atoms. The highest BCUT2D eigenvalue weighted by molar-refractivity contribution is 6.33. The Morgan fingerprint density at radius 1 is 1.08 bits per heavy atom. The summed E-state index contributed by atoms with van der Waals surface area (Å²) in [4.78, 5) is 37.3. The van der Waals surface area contributed by atoms with E-state index in [4.69, 9.17) is 17.3 Å². The molecule has 4 N–H and O–H groups in total. The molecule has 1 saturated heterocycles. The Kier molecular flexibility index (Phi) is 5.09.